The molecule has 2 saturated heterocycles. The van der Waals surface area contributed by atoms with Gasteiger partial charge >= 0.3 is 0 Å². The fourth-order valence-electron chi connectivity index (χ4n) is 4.46. The number of rotatable bonds is 5. The number of nitrogens with zero attached hydrogens (tertiary/aromatic N) is 1. The summed E-state index contributed by atoms with van der Waals surface area (Å²) in [6, 6.07) is 0. The molecule has 2 heterocycles. The smallest absolute Gasteiger partial charge is 0.249 e. The van der Waals surface area contributed by atoms with E-state index in [-0.39, 0.29) is 17.4 Å². The third-order valence-electron chi connectivity index (χ3n) is 6.03. The molecule has 0 radical (unpaired) electrons. The summed E-state index contributed by atoms with van der Waals surface area (Å²) in [5.74, 6) is 1.06. The maximum atomic E-state index is 12.8. The van der Waals surface area contributed by atoms with E-state index >= 15 is 0 Å². The van der Waals surface area contributed by atoms with Gasteiger partial charge in [-0.05, 0) is 57.3 Å². The van der Waals surface area contributed by atoms with Crippen molar-refractivity contribution in [2.75, 3.05) is 32.9 Å². The predicted octanol–water partition coefficient (Wildman–Crippen LogP) is 2.92. The minimum absolute atomic E-state index is 0.0280. The van der Waals surface area contributed by atoms with Gasteiger partial charge in [0.1, 0.15) is 0 Å². The summed E-state index contributed by atoms with van der Waals surface area (Å²) in [6.07, 6.45) is 11.4. The summed E-state index contributed by atoms with van der Waals surface area (Å²) in [7, 11) is 0. The average Bonchev–Trinajstić information content (AvgIpc) is 3.24. The number of fused-ring (bicyclic) bond motifs is 1. The summed E-state index contributed by atoms with van der Waals surface area (Å²) in [5, 5.41) is 0. The van der Waals surface area contributed by atoms with Gasteiger partial charge in [0, 0.05) is 37.3 Å². The molecule has 0 spiro atoms. The summed E-state index contributed by atoms with van der Waals surface area (Å²) in [5.41, 5.74) is 1.06. The molecule has 4 heteroatoms. The Kier molecular flexibility index (Phi) is 4.46. The molecule has 4 aliphatic rings. The minimum atomic E-state index is 0.0280. The summed E-state index contributed by atoms with van der Waals surface area (Å²) < 4.78 is 12.2. The third kappa shape index (κ3) is 3.34. The van der Waals surface area contributed by atoms with Gasteiger partial charge in [0.15, 0.2) is 0 Å². The Hall–Kier alpha value is -0.870. The lowest BCUT2D eigenvalue weighted by Gasteiger charge is -2.50. The van der Waals surface area contributed by atoms with Crippen LogP contribution in [0.4, 0.5) is 0 Å². The predicted molar refractivity (Wildman–Crippen MR) is 88.1 cm³/mol. The van der Waals surface area contributed by atoms with Crippen molar-refractivity contribution in [2.45, 2.75) is 57.5 Å². The molecule has 1 saturated carbocycles. The molecular weight excluding hydrogens is 290 g/mol. The Morgan fingerprint density at radius 1 is 1.35 bits per heavy atom. The van der Waals surface area contributed by atoms with Gasteiger partial charge in [-0.3, -0.25) is 4.79 Å². The average molecular weight is 319 g/mol. The van der Waals surface area contributed by atoms with Crippen LogP contribution in [0.3, 0.4) is 0 Å². The second kappa shape index (κ2) is 6.56. The third-order valence-corrected chi connectivity index (χ3v) is 6.03. The molecule has 2 aliphatic carbocycles. The monoisotopic (exact) mass is 319 g/mol. The van der Waals surface area contributed by atoms with Crippen molar-refractivity contribution >= 4 is 5.91 Å². The van der Waals surface area contributed by atoms with Crippen LogP contribution in [0.5, 0.6) is 0 Å². The topological polar surface area (TPSA) is 38.8 Å². The van der Waals surface area contributed by atoms with Crippen molar-refractivity contribution in [3.05, 3.63) is 11.6 Å². The van der Waals surface area contributed by atoms with Crippen LogP contribution in [-0.2, 0) is 14.3 Å². The molecule has 0 bridgehead atoms. The number of likely N-dealkylation sites (tertiary alicyclic amines) is 1. The highest BCUT2D eigenvalue weighted by atomic mass is 16.5. The molecule has 1 amide bonds. The van der Waals surface area contributed by atoms with Crippen LogP contribution in [0.1, 0.15) is 51.4 Å². The number of carbonyl (C=O) groups excluding carboxylic acids is 1. The molecule has 0 aromatic rings. The number of allylic oxidation sites excluding steroid dienone is 1. The number of carbonyl (C=O) groups is 1. The van der Waals surface area contributed by atoms with Crippen LogP contribution in [-0.4, -0.2) is 49.8 Å². The quantitative estimate of drug-likeness (QED) is 0.782. The number of ether oxygens (including phenoxy) is 2. The summed E-state index contributed by atoms with van der Waals surface area (Å²) >= 11 is 0. The molecule has 0 aromatic heterocycles. The van der Waals surface area contributed by atoms with Crippen molar-refractivity contribution in [1.29, 1.82) is 0 Å². The van der Waals surface area contributed by atoms with Gasteiger partial charge in [-0.15, -0.1) is 0 Å². The van der Waals surface area contributed by atoms with Gasteiger partial charge in [0.05, 0.1) is 12.7 Å². The Balaban J connectivity index is 1.43. The second-order valence-electron chi connectivity index (χ2n) is 7.92. The van der Waals surface area contributed by atoms with E-state index in [0.717, 1.165) is 82.9 Å². The lowest BCUT2D eigenvalue weighted by Crippen LogP contribution is -2.58. The standard InChI is InChI=1S/C19H29NO3/c21-18(16-4-1-2-5-16)20-10-8-17-19(13-20,9-3-11-23-17)14-22-12-15-6-7-15/h4,15,17H,1-3,5-14H2/t17-,19-/m0/s1. The maximum Gasteiger partial charge on any atom is 0.249 e. The highest BCUT2D eigenvalue weighted by Gasteiger charge is 2.47. The number of piperidine rings is 1. The fraction of sp³-hybridized carbons (Fsp3) is 0.842. The van der Waals surface area contributed by atoms with Gasteiger partial charge in [-0.25, -0.2) is 0 Å². The lowest BCUT2D eigenvalue weighted by molar-refractivity contribution is -0.163. The van der Waals surface area contributed by atoms with E-state index < -0.39 is 0 Å². The molecule has 23 heavy (non-hydrogen) atoms. The van der Waals surface area contributed by atoms with Crippen LogP contribution >= 0.6 is 0 Å². The van der Waals surface area contributed by atoms with E-state index in [1.54, 1.807) is 0 Å². The SMILES string of the molecule is O=C(C1=CCCC1)N1CC[C@@H]2OCCC[C@@]2(COCC2CC2)C1. The molecule has 0 aromatic carbocycles. The van der Waals surface area contributed by atoms with Crippen LogP contribution < -0.4 is 0 Å². The highest BCUT2D eigenvalue weighted by molar-refractivity contribution is 5.93. The summed E-state index contributed by atoms with van der Waals surface area (Å²) in [6.45, 7) is 4.18. The van der Waals surface area contributed by atoms with Gasteiger partial charge in [-0.2, -0.15) is 0 Å². The van der Waals surface area contributed by atoms with Crippen LogP contribution in [0.15, 0.2) is 11.6 Å². The first kappa shape index (κ1) is 15.6. The van der Waals surface area contributed by atoms with Gasteiger partial charge < -0.3 is 14.4 Å². The molecule has 3 fully saturated rings. The van der Waals surface area contributed by atoms with Crippen molar-refractivity contribution in [3.8, 4) is 0 Å². The molecule has 4 nitrogen and oxygen atoms in total. The Bertz CT molecular complexity index is 485. The summed E-state index contributed by atoms with van der Waals surface area (Å²) in [4.78, 5) is 14.9. The Labute approximate surface area is 139 Å². The first-order chi connectivity index (χ1) is 11.3. The zero-order valence-electron chi connectivity index (χ0n) is 14.1. The second-order valence-corrected chi connectivity index (χ2v) is 7.92. The molecule has 0 unspecified atom stereocenters. The number of hydrogen-bond donors (Lipinski definition) is 0. The zero-order valence-corrected chi connectivity index (χ0v) is 14.1. The molecule has 4 rings (SSSR count). The Morgan fingerprint density at radius 2 is 2.26 bits per heavy atom. The highest BCUT2D eigenvalue weighted by Crippen LogP contribution is 2.41. The molecular formula is C19H29NO3. The molecule has 2 atom stereocenters. The largest absolute Gasteiger partial charge is 0.380 e. The zero-order chi connectivity index (χ0) is 15.7. The van der Waals surface area contributed by atoms with Crippen LogP contribution in [0.2, 0.25) is 0 Å². The van der Waals surface area contributed by atoms with Gasteiger partial charge in [0.2, 0.25) is 5.91 Å². The first-order valence-electron chi connectivity index (χ1n) is 9.44. The first-order valence-corrected chi connectivity index (χ1v) is 9.44. The normalized spacial score (nSPS) is 34.2. The van der Waals surface area contributed by atoms with Crippen molar-refractivity contribution in [2.24, 2.45) is 11.3 Å². The van der Waals surface area contributed by atoms with Crippen LogP contribution in [0, 0.1) is 11.3 Å². The van der Waals surface area contributed by atoms with Crippen molar-refractivity contribution in [1.82, 2.24) is 4.90 Å². The lowest BCUT2D eigenvalue weighted by atomic mass is 9.73. The molecule has 128 valence electrons. The minimum Gasteiger partial charge on any atom is -0.380 e. The molecule has 2 aliphatic heterocycles. The van der Waals surface area contributed by atoms with E-state index in [1.807, 2.05) is 0 Å². The maximum absolute atomic E-state index is 12.8. The number of amides is 1. The number of hydrogen-bond acceptors (Lipinski definition) is 3. The Morgan fingerprint density at radius 3 is 3.04 bits per heavy atom. The van der Waals surface area contributed by atoms with E-state index in [0.29, 0.717) is 0 Å². The van der Waals surface area contributed by atoms with E-state index in [9.17, 15) is 4.79 Å². The van der Waals surface area contributed by atoms with E-state index in [2.05, 4.69) is 11.0 Å². The van der Waals surface area contributed by atoms with Crippen LogP contribution in [0.25, 0.3) is 0 Å². The van der Waals surface area contributed by atoms with Gasteiger partial charge in [-0.1, -0.05) is 6.08 Å². The van der Waals surface area contributed by atoms with Crippen molar-refractivity contribution in [3.63, 3.8) is 0 Å². The molecule has 0 N–H and O–H groups in total. The van der Waals surface area contributed by atoms with Gasteiger partial charge in [0.25, 0.3) is 0 Å². The fourth-order valence-corrected chi connectivity index (χ4v) is 4.46. The van der Waals surface area contributed by atoms with Crippen molar-refractivity contribution < 1.29 is 14.3 Å². The van der Waals surface area contributed by atoms with E-state index in [4.69, 9.17) is 9.47 Å². The van der Waals surface area contributed by atoms with E-state index in [1.165, 1.54) is 12.8 Å².